The lowest BCUT2D eigenvalue weighted by Crippen LogP contribution is -2.38. The number of aromatic nitrogens is 5. The van der Waals surface area contributed by atoms with Gasteiger partial charge >= 0.3 is 5.97 Å². The van der Waals surface area contributed by atoms with Gasteiger partial charge in [-0.25, -0.2) is 9.07 Å². The molecule has 0 atom stereocenters. The van der Waals surface area contributed by atoms with E-state index in [9.17, 15) is 14.0 Å². The lowest BCUT2D eigenvalue weighted by molar-refractivity contribution is -0.149. The Balaban J connectivity index is 1.94. The van der Waals surface area contributed by atoms with Crippen LogP contribution in [0.4, 0.5) is 4.39 Å². The van der Waals surface area contributed by atoms with Gasteiger partial charge in [-0.2, -0.15) is 5.10 Å². The first-order valence-electron chi connectivity index (χ1n) is 9.28. The van der Waals surface area contributed by atoms with Crippen LogP contribution in [0.15, 0.2) is 35.1 Å². The number of halogens is 1. The highest BCUT2D eigenvalue weighted by atomic mass is 19.1. The van der Waals surface area contributed by atoms with Gasteiger partial charge in [0.05, 0.1) is 20.3 Å². The number of benzene rings is 1. The Hall–Kier alpha value is -3.56. The molecule has 0 spiro atoms. The zero-order valence-electron chi connectivity index (χ0n) is 17.1. The average Bonchev–Trinajstić information content (AvgIpc) is 3.12. The molecule has 158 valence electrons. The second-order valence-corrected chi connectivity index (χ2v) is 7.02. The highest BCUT2D eigenvalue weighted by molar-refractivity contribution is 5.81. The third kappa shape index (κ3) is 4.07. The van der Waals surface area contributed by atoms with Gasteiger partial charge in [0.25, 0.3) is 5.56 Å². The summed E-state index contributed by atoms with van der Waals surface area (Å²) >= 11 is 0. The van der Waals surface area contributed by atoms with E-state index < -0.39 is 16.9 Å². The van der Waals surface area contributed by atoms with Crippen LogP contribution in [0, 0.1) is 5.82 Å². The quantitative estimate of drug-likeness (QED) is 0.588. The first-order chi connectivity index (χ1) is 14.3. The molecule has 0 radical (unpaired) electrons. The number of hydrogen-bond acceptors (Lipinski definition) is 7. The number of aromatic amines is 1. The van der Waals surface area contributed by atoms with Crippen molar-refractivity contribution >= 4 is 5.97 Å². The number of hydrogen-bond donors (Lipinski definition) is 1. The standard InChI is InChI=1S/C20H22FN5O4/c1-5-30-19(28)20(2,3)16-18(27)22-17(24-23-16)14-10-15(29-4)26(25-14)11-12-8-6-7-9-13(12)21/h6-10H,5,11H2,1-4H3,(H,22,24,27). The minimum Gasteiger partial charge on any atom is -0.481 e. The molecule has 0 aliphatic rings. The fraction of sp³-hybridized carbons (Fsp3) is 0.350. The summed E-state index contributed by atoms with van der Waals surface area (Å²) in [7, 11) is 1.46. The van der Waals surface area contributed by atoms with E-state index in [1.54, 1.807) is 31.2 Å². The Morgan fingerprint density at radius 2 is 2.00 bits per heavy atom. The van der Waals surface area contributed by atoms with Crippen LogP contribution < -0.4 is 10.3 Å². The van der Waals surface area contributed by atoms with Crippen molar-refractivity contribution in [3.63, 3.8) is 0 Å². The summed E-state index contributed by atoms with van der Waals surface area (Å²) in [6.45, 7) is 5.07. The minimum atomic E-state index is -1.27. The number of ether oxygens (including phenoxy) is 2. The molecular weight excluding hydrogens is 393 g/mol. The largest absolute Gasteiger partial charge is 0.481 e. The molecule has 3 aromatic rings. The maximum Gasteiger partial charge on any atom is 0.317 e. The summed E-state index contributed by atoms with van der Waals surface area (Å²) in [6.07, 6.45) is 0. The molecule has 0 unspecified atom stereocenters. The number of carbonyl (C=O) groups is 1. The predicted molar refractivity (Wildman–Crippen MR) is 106 cm³/mol. The smallest absolute Gasteiger partial charge is 0.317 e. The molecule has 1 N–H and O–H groups in total. The van der Waals surface area contributed by atoms with Gasteiger partial charge in [-0.1, -0.05) is 18.2 Å². The summed E-state index contributed by atoms with van der Waals surface area (Å²) in [5.41, 5.74) is -1.20. The summed E-state index contributed by atoms with van der Waals surface area (Å²) in [5.74, 6) is -0.496. The molecule has 0 aliphatic heterocycles. The molecule has 0 saturated heterocycles. The van der Waals surface area contributed by atoms with Gasteiger partial charge < -0.3 is 14.5 Å². The fourth-order valence-corrected chi connectivity index (χ4v) is 2.85. The van der Waals surface area contributed by atoms with E-state index >= 15 is 0 Å². The van der Waals surface area contributed by atoms with E-state index in [1.165, 1.54) is 31.7 Å². The summed E-state index contributed by atoms with van der Waals surface area (Å²) in [4.78, 5) is 27.3. The normalized spacial score (nSPS) is 11.4. The van der Waals surface area contributed by atoms with Crippen LogP contribution in [0.2, 0.25) is 0 Å². The zero-order chi connectivity index (χ0) is 21.9. The van der Waals surface area contributed by atoms with E-state index in [4.69, 9.17) is 9.47 Å². The van der Waals surface area contributed by atoms with E-state index in [-0.39, 0.29) is 36.2 Å². The van der Waals surface area contributed by atoms with E-state index in [0.29, 0.717) is 11.4 Å². The molecule has 0 saturated carbocycles. The first-order valence-corrected chi connectivity index (χ1v) is 9.28. The Morgan fingerprint density at radius 3 is 2.63 bits per heavy atom. The average molecular weight is 415 g/mol. The molecule has 0 fully saturated rings. The fourth-order valence-electron chi connectivity index (χ4n) is 2.85. The molecule has 0 amide bonds. The third-order valence-electron chi connectivity index (χ3n) is 4.55. The molecule has 1 aromatic carbocycles. The Bertz CT molecular complexity index is 1120. The number of nitrogens with zero attached hydrogens (tertiary/aromatic N) is 4. The Labute approximate surface area is 171 Å². The Morgan fingerprint density at radius 1 is 1.27 bits per heavy atom. The second kappa shape index (κ2) is 8.44. The van der Waals surface area contributed by atoms with Gasteiger partial charge in [0, 0.05) is 11.6 Å². The van der Waals surface area contributed by atoms with Crippen molar-refractivity contribution in [3.8, 4) is 17.4 Å². The van der Waals surface area contributed by atoms with E-state index in [2.05, 4.69) is 20.3 Å². The minimum absolute atomic E-state index is 0.0672. The predicted octanol–water partition coefficient (Wildman–Crippen LogP) is 2.07. The molecule has 3 rings (SSSR count). The number of rotatable bonds is 7. The van der Waals surface area contributed by atoms with Crippen LogP contribution in [-0.4, -0.2) is 44.6 Å². The van der Waals surface area contributed by atoms with Crippen LogP contribution in [0.1, 0.15) is 32.0 Å². The van der Waals surface area contributed by atoms with E-state index in [1.807, 2.05) is 0 Å². The zero-order valence-corrected chi connectivity index (χ0v) is 17.1. The van der Waals surface area contributed by atoms with Crippen molar-refractivity contribution < 1.29 is 18.7 Å². The van der Waals surface area contributed by atoms with Crippen molar-refractivity contribution in [3.05, 3.63) is 57.8 Å². The monoisotopic (exact) mass is 415 g/mol. The molecular formula is C20H22FN5O4. The Kier molecular flexibility index (Phi) is 5.95. The molecule has 0 aliphatic carbocycles. The van der Waals surface area contributed by atoms with Crippen LogP contribution >= 0.6 is 0 Å². The number of carbonyl (C=O) groups excluding carboxylic acids is 1. The van der Waals surface area contributed by atoms with Gasteiger partial charge in [0.1, 0.15) is 22.6 Å². The number of H-pyrrole nitrogens is 1. The number of nitrogens with one attached hydrogen (secondary N) is 1. The van der Waals surface area contributed by atoms with Crippen LogP contribution in [-0.2, 0) is 21.5 Å². The first kappa shape index (κ1) is 21.2. The number of esters is 1. The lowest BCUT2D eigenvalue weighted by Gasteiger charge is -2.19. The molecule has 2 heterocycles. The van der Waals surface area contributed by atoms with Crippen LogP contribution in [0.5, 0.6) is 5.88 Å². The van der Waals surface area contributed by atoms with Gasteiger partial charge in [-0.3, -0.25) is 9.59 Å². The maximum absolute atomic E-state index is 14.0. The molecule has 9 nitrogen and oxygen atoms in total. The van der Waals surface area contributed by atoms with Crippen molar-refractivity contribution in [1.82, 2.24) is 25.0 Å². The van der Waals surface area contributed by atoms with Gasteiger partial charge in [-0.05, 0) is 26.8 Å². The van der Waals surface area contributed by atoms with Crippen LogP contribution in [0.25, 0.3) is 11.5 Å². The topological polar surface area (TPSA) is 112 Å². The summed E-state index contributed by atoms with van der Waals surface area (Å²) in [6, 6.07) is 7.88. The van der Waals surface area contributed by atoms with Gasteiger partial charge in [0.15, 0.2) is 5.82 Å². The third-order valence-corrected chi connectivity index (χ3v) is 4.55. The van der Waals surface area contributed by atoms with Crippen molar-refractivity contribution in [2.45, 2.75) is 32.7 Å². The number of methoxy groups -OCH3 is 1. The maximum atomic E-state index is 14.0. The van der Waals surface area contributed by atoms with Crippen LogP contribution in [0.3, 0.4) is 0 Å². The molecule has 0 bridgehead atoms. The van der Waals surface area contributed by atoms with Crippen molar-refractivity contribution in [1.29, 1.82) is 0 Å². The van der Waals surface area contributed by atoms with Crippen molar-refractivity contribution in [2.24, 2.45) is 0 Å². The molecule has 30 heavy (non-hydrogen) atoms. The summed E-state index contributed by atoms with van der Waals surface area (Å²) < 4.78 is 25.7. The van der Waals surface area contributed by atoms with Crippen molar-refractivity contribution in [2.75, 3.05) is 13.7 Å². The molecule has 10 heteroatoms. The SMILES string of the molecule is CCOC(=O)C(C)(C)c1nnc(-c2cc(OC)n(Cc3ccccc3F)n2)[nH]c1=O. The van der Waals surface area contributed by atoms with Gasteiger partial charge in [0.2, 0.25) is 5.88 Å². The highest BCUT2D eigenvalue weighted by Gasteiger charge is 2.36. The van der Waals surface area contributed by atoms with E-state index in [0.717, 1.165) is 0 Å². The van der Waals surface area contributed by atoms with Gasteiger partial charge in [-0.15, -0.1) is 10.2 Å². The highest BCUT2D eigenvalue weighted by Crippen LogP contribution is 2.23. The molecule has 2 aromatic heterocycles. The second-order valence-electron chi connectivity index (χ2n) is 7.02. The lowest BCUT2D eigenvalue weighted by atomic mass is 9.90. The summed E-state index contributed by atoms with van der Waals surface area (Å²) in [5, 5.41) is 12.3.